The summed E-state index contributed by atoms with van der Waals surface area (Å²) < 4.78 is 0. The lowest BCUT2D eigenvalue weighted by Crippen LogP contribution is -2.46. The molecule has 2 heterocycles. The van der Waals surface area contributed by atoms with E-state index in [0.29, 0.717) is 0 Å². The van der Waals surface area contributed by atoms with Gasteiger partial charge in [0.1, 0.15) is 5.82 Å². The molecule has 0 spiro atoms. The highest BCUT2D eigenvalue weighted by Gasteiger charge is 2.16. The SMILES string of the molecule is Cc1cc(N2CCN(C=O)CC2)ncc1CO. The summed E-state index contributed by atoms with van der Waals surface area (Å²) in [7, 11) is 0. The van der Waals surface area contributed by atoms with Crippen molar-refractivity contribution in [1.29, 1.82) is 0 Å². The molecule has 1 aliphatic rings. The number of hydrogen-bond donors (Lipinski definition) is 1. The highest BCUT2D eigenvalue weighted by molar-refractivity contribution is 5.49. The molecule has 1 saturated heterocycles. The Bertz CT molecular complexity index is 401. The Hall–Kier alpha value is -1.62. The van der Waals surface area contributed by atoms with Gasteiger partial charge in [-0.25, -0.2) is 4.98 Å². The fourth-order valence-corrected chi connectivity index (χ4v) is 1.96. The number of aromatic nitrogens is 1. The minimum Gasteiger partial charge on any atom is -0.392 e. The summed E-state index contributed by atoms with van der Waals surface area (Å²) in [5.41, 5.74) is 1.91. The molecule has 5 nitrogen and oxygen atoms in total. The Kier molecular flexibility index (Phi) is 3.58. The highest BCUT2D eigenvalue weighted by atomic mass is 16.3. The average molecular weight is 235 g/mol. The van der Waals surface area contributed by atoms with E-state index in [4.69, 9.17) is 5.11 Å². The summed E-state index contributed by atoms with van der Waals surface area (Å²) in [4.78, 5) is 18.9. The van der Waals surface area contributed by atoms with Crippen molar-refractivity contribution in [2.75, 3.05) is 31.1 Å². The van der Waals surface area contributed by atoms with Crippen LogP contribution in [0.15, 0.2) is 12.3 Å². The number of pyridine rings is 1. The summed E-state index contributed by atoms with van der Waals surface area (Å²) in [6.07, 6.45) is 2.61. The van der Waals surface area contributed by atoms with E-state index in [1.807, 2.05) is 13.0 Å². The summed E-state index contributed by atoms with van der Waals surface area (Å²) in [5, 5.41) is 9.09. The van der Waals surface area contributed by atoms with Gasteiger partial charge in [0.2, 0.25) is 6.41 Å². The van der Waals surface area contributed by atoms with Crippen LogP contribution in [0.25, 0.3) is 0 Å². The summed E-state index contributed by atoms with van der Waals surface area (Å²) in [5.74, 6) is 0.922. The van der Waals surface area contributed by atoms with Gasteiger partial charge in [-0.3, -0.25) is 4.79 Å². The van der Waals surface area contributed by atoms with Gasteiger partial charge < -0.3 is 14.9 Å². The summed E-state index contributed by atoms with van der Waals surface area (Å²) in [6.45, 7) is 5.10. The third kappa shape index (κ3) is 2.55. The van der Waals surface area contributed by atoms with E-state index in [1.165, 1.54) is 0 Å². The van der Waals surface area contributed by atoms with Crippen LogP contribution in [0.5, 0.6) is 0 Å². The van der Waals surface area contributed by atoms with Crippen LogP contribution in [0.1, 0.15) is 11.1 Å². The number of hydrogen-bond acceptors (Lipinski definition) is 4. The van der Waals surface area contributed by atoms with Gasteiger partial charge in [0.25, 0.3) is 0 Å². The number of piperazine rings is 1. The van der Waals surface area contributed by atoms with Gasteiger partial charge in [-0.15, -0.1) is 0 Å². The molecule has 1 fully saturated rings. The molecule has 0 aromatic carbocycles. The third-order valence-electron chi connectivity index (χ3n) is 3.16. The van der Waals surface area contributed by atoms with Crippen molar-refractivity contribution in [3.8, 4) is 0 Å². The molecule has 0 atom stereocenters. The largest absolute Gasteiger partial charge is 0.392 e. The van der Waals surface area contributed by atoms with Crippen molar-refractivity contribution in [2.24, 2.45) is 0 Å². The zero-order valence-corrected chi connectivity index (χ0v) is 9.96. The lowest BCUT2D eigenvalue weighted by Gasteiger charge is -2.33. The van der Waals surface area contributed by atoms with Gasteiger partial charge in [0.05, 0.1) is 6.61 Å². The molecule has 1 N–H and O–H groups in total. The van der Waals surface area contributed by atoms with Crippen molar-refractivity contribution < 1.29 is 9.90 Å². The Morgan fingerprint density at radius 3 is 2.65 bits per heavy atom. The van der Waals surface area contributed by atoms with Crippen molar-refractivity contribution >= 4 is 12.2 Å². The molecule has 5 heteroatoms. The van der Waals surface area contributed by atoms with E-state index in [0.717, 1.165) is 49.5 Å². The zero-order valence-electron chi connectivity index (χ0n) is 9.96. The number of carbonyl (C=O) groups excluding carboxylic acids is 1. The number of nitrogens with zero attached hydrogens (tertiary/aromatic N) is 3. The summed E-state index contributed by atoms with van der Waals surface area (Å²) >= 11 is 0. The minimum atomic E-state index is 0.0258. The van der Waals surface area contributed by atoms with Crippen LogP contribution in [0.4, 0.5) is 5.82 Å². The molecule has 2 rings (SSSR count). The number of rotatable bonds is 3. The fourth-order valence-electron chi connectivity index (χ4n) is 1.96. The van der Waals surface area contributed by atoms with Crippen LogP contribution in [0.3, 0.4) is 0 Å². The Morgan fingerprint density at radius 1 is 1.41 bits per heavy atom. The maximum atomic E-state index is 10.6. The summed E-state index contributed by atoms with van der Waals surface area (Å²) in [6, 6.07) is 1.99. The Morgan fingerprint density at radius 2 is 2.12 bits per heavy atom. The molecule has 0 saturated carbocycles. The highest BCUT2D eigenvalue weighted by Crippen LogP contribution is 2.17. The van der Waals surface area contributed by atoms with E-state index in [-0.39, 0.29) is 6.61 Å². The predicted molar refractivity (Wildman–Crippen MR) is 64.7 cm³/mol. The first-order valence-electron chi connectivity index (χ1n) is 5.75. The second-order valence-electron chi connectivity index (χ2n) is 4.26. The first-order valence-corrected chi connectivity index (χ1v) is 5.75. The quantitative estimate of drug-likeness (QED) is 0.758. The Balaban J connectivity index is 2.08. The van der Waals surface area contributed by atoms with Gasteiger partial charge in [0, 0.05) is 32.4 Å². The van der Waals surface area contributed by atoms with Gasteiger partial charge in [0.15, 0.2) is 0 Å². The average Bonchev–Trinajstić information content (AvgIpc) is 2.39. The van der Waals surface area contributed by atoms with Gasteiger partial charge in [-0.1, -0.05) is 0 Å². The molecule has 0 radical (unpaired) electrons. The molecule has 0 unspecified atom stereocenters. The zero-order chi connectivity index (χ0) is 12.3. The number of carbonyl (C=O) groups is 1. The van der Waals surface area contributed by atoms with Gasteiger partial charge in [-0.05, 0) is 24.1 Å². The second kappa shape index (κ2) is 5.14. The van der Waals surface area contributed by atoms with E-state index >= 15 is 0 Å². The first kappa shape index (κ1) is 11.9. The van der Waals surface area contributed by atoms with Crippen molar-refractivity contribution in [3.63, 3.8) is 0 Å². The second-order valence-corrected chi connectivity index (χ2v) is 4.26. The van der Waals surface area contributed by atoms with Crippen LogP contribution in [-0.4, -0.2) is 47.6 Å². The molecule has 0 bridgehead atoms. The maximum Gasteiger partial charge on any atom is 0.209 e. The number of anilines is 1. The topological polar surface area (TPSA) is 56.7 Å². The van der Waals surface area contributed by atoms with Crippen LogP contribution in [-0.2, 0) is 11.4 Å². The standard InChI is InChI=1S/C12H17N3O2/c1-10-6-12(13-7-11(10)8-16)15-4-2-14(9-17)3-5-15/h6-7,9,16H,2-5,8H2,1H3. The Labute approximate surface area is 101 Å². The van der Waals surface area contributed by atoms with Gasteiger partial charge >= 0.3 is 0 Å². The van der Waals surface area contributed by atoms with Gasteiger partial charge in [-0.2, -0.15) is 0 Å². The smallest absolute Gasteiger partial charge is 0.209 e. The lowest BCUT2D eigenvalue weighted by atomic mass is 10.1. The monoisotopic (exact) mass is 235 g/mol. The molecule has 17 heavy (non-hydrogen) atoms. The molecular formula is C12H17N3O2. The maximum absolute atomic E-state index is 10.6. The molecule has 1 aromatic rings. The minimum absolute atomic E-state index is 0.0258. The molecule has 1 aliphatic heterocycles. The number of aryl methyl sites for hydroxylation is 1. The molecule has 0 aliphatic carbocycles. The van der Waals surface area contributed by atoms with E-state index in [9.17, 15) is 4.79 Å². The first-order chi connectivity index (χ1) is 8.24. The number of amides is 1. The molecule has 1 aromatic heterocycles. The van der Waals surface area contributed by atoms with Crippen LogP contribution >= 0.6 is 0 Å². The van der Waals surface area contributed by atoms with Crippen molar-refractivity contribution in [3.05, 3.63) is 23.4 Å². The normalized spacial score (nSPS) is 16.1. The molecule has 1 amide bonds. The molecule has 92 valence electrons. The van der Waals surface area contributed by atoms with Crippen molar-refractivity contribution in [2.45, 2.75) is 13.5 Å². The lowest BCUT2D eigenvalue weighted by molar-refractivity contribution is -0.118. The van der Waals surface area contributed by atoms with Crippen molar-refractivity contribution in [1.82, 2.24) is 9.88 Å². The van der Waals surface area contributed by atoms with Crippen LogP contribution in [0.2, 0.25) is 0 Å². The molecular weight excluding hydrogens is 218 g/mol. The number of aliphatic hydroxyl groups excluding tert-OH is 1. The van der Waals surface area contributed by atoms with E-state index in [2.05, 4.69) is 9.88 Å². The van der Waals surface area contributed by atoms with E-state index in [1.54, 1.807) is 11.1 Å². The number of aliphatic hydroxyl groups is 1. The van der Waals surface area contributed by atoms with Crippen LogP contribution in [0, 0.1) is 6.92 Å². The predicted octanol–water partition coefficient (Wildman–Crippen LogP) is 0.161. The fraction of sp³-hybridized carbons (Fsp3) is 0.500. The van der Waals surface area contributed by atoms with E-state index < -0.39 is 0 Å². The third-order valence-corrected chi connectivity index (χ3v) is 3.16. The van der Waals surface area contributed by atoms with Crippen LogP contribution < -0.4 is 4.90 Å².